The van der Waals surface area contributed by atoms with Crippen molar-refractivity contribution in [1.29, 1.82) is 0 Å². The molecule has 3 aromatic rings. The number of rotatable bonds is 2. The van der Waals surface area contributed by atoms with Crippen LogP contribution >= 0.6 is 23.2 Å². The first kappa shape index (κ1) is 15.1. The molecule has 4 rings (SSSR count). The Bertz CT molecular complexity index is 989. The van der Waals surface area contributed by atoms with Gasteiger partial charge in [-0.1, -0.05) is 47.5 Å². The summed E-state index contributed by atoms with van der Waals surface area (Å²) in [4.78, 5) is 12.2. The van der Waals surface area contributed by atoms with Crippen molar-refractivity contribution in [2.24, 2.45) is 0 Å². The van der Waals surface area contributed by atoms with Crippen LogP contribution in [0.5, 0.6) is 0 Å². The molecule has 2 aromatic carbocycles. The smallest absolute Gasteiger partial charge is 0.256 e. The Balaban J connectivity index is 1.74. The van der Waals surface area contributed by atoms with Crippen molar-refractivity contribution in [1.82, 2.24) is 0 Å². The van der Waals surface area contributed by atoms with Gasteiger partial charge in [0.25, 0.3) is 5.91 Å². The minimum absolute atomic E-state index is 0.144. The van der Waals surface area contributed by atoms with Crippen LogP contribution in [-0.2, 0) is 4.79 Å². The molecular weight excluding hydrogens is 345 g/mol. The monoisotopic (exact) mass is 355 g/mol. The van der Waals surface area contributed by atoms with E-state index >= 15 is 0 Å². The summed E-state index contributed by atoms with van der Waals surface area (Å²) in [5, 5.41) is 3.74. The SMILES string of the molecule is O=C1Nc2ccccc2/C1=C/c1ccc(-c2cccc(Cl)c2Cl)o1. The number of hydrogen-bond acceptors (Lipinski definition) is 2. The average molecular weight is 356 g/mol. The standard InChI is InChI=1S/C19H11Cl2NO2/c20-15-6-3-5-13(18(15)21)17-9-8-11(24-17)10-14-12-4-1-2-7-16(12)22-19(14)23/h1-10H,(H,22,23)/b14-10-. The van der Waals surface area contributed by atoms with Gasteiger partial charge in [0.2, 0.25) is 0 Å². The highest BCUT2D eigenvalue weighted by Gasteiger charge is 2.23. The Kier molecular flexibility index (Phi) is 3.68. The summed E-state index contributed by atoms with van der Waals surface area (Å²) in [6, 6.07) is 16.5. The van der Waals surface area contributed by atoms with E-state index in [2.05, 4.69) is 5.32 Å². The van der Waals surface area contributed by atoms with Crippen LogP contribution in [-0.4, -0.2) is 5.91 Å². The predicted octanol–water partition coefficient (Wildman–Crippen LogP) is 5.75. The van der Waals surface area contributed by atoms with Crippen molar-refractivity contribution in [3.63, 3.8) is 0 Å². The third-order valence-electron chi connectivity index (χ3n) is 3.84. The normalized spacial score (nSPS) is 14.8. The number of furan rings is 1. The van der Waals surface area contributed by atoms with Crippen molar-refractivity contribution in [2.45, 2.75) is 0 Å². The zero-order valence-corrected chi connectivity index (χ0v) is 13.9. The Morgan fingerprint density at radius 3 is 2.58 bits per heavy atom. The van der Waals surface area contributed by atoms with Gasteiger partial charge in [0.15, 0.2) is 0 Å². The van der Waals surface area contributed by atoms with Crippen LogP contribution in [0.2, 0.25) is 10.0 Å². The second-order valence-corrected chi connectivity index (χ2v) is 6.15. The number of hydrogen-bond donors (Lipinski definition) is 1. The molecule has 3 nitrogen and oxygen atoms in total. The van der Waals surface area contributed by atoms with Crippen LogP contribution in [0.1, 0.15) is 11.3 Å². The topological polar surface area (TPSA) is 42.2 Å². The van der Waals surface area contributed by atoms with E-state index in [0.717, 1.165) is 11.3 Å². The van der Waals surface area contributed by atoms with Gasteiger partial charge in [0.05, 0.1) is 15.6 Å². The highest BCUT2D eigenvalue weighted by Crippen LogP contribution is 2.36. The van der Waals surface area contributed by atoms with Gasteiger partial charge >= 0.3 is 0 Å². The van der Waals surface area contributed by atoms with Crippen LogP contribution in [0, 0.1) is 0 Å². The first-order chi connectivity index (χ1) is 11.6. The summed E-state index contributed by atoms with van der Waals surface area (Å²) in [5.41, 5.74) is 2.95. The van der Waals surface area contributed by atoms with Crippen molar-refractivity contribution in [3.8, 4) is 11.3 Å². The number of carbonyl (C=O) groups excluding carboxylic acids is 1. The third kappa shape index (κ3) is 2.52. The number of nitrogens with one attached hydrogen (secondary N) is 1. The molecule has 1 N–H and O–H groups in total. The summed E-state index contributed by atoms with van der Waals surface area (Å²) in [6.07, 6.45) is 1.73. The summed E-state index contributed by atoms with van der Waals surface area (Å²) in [6.45, 7) is 0. The molecule has 118 valence electrons. The number of para-hydroxylation sites is 1. The van der Waals surface area contributed by atoms with Crippen LogP contribution in [0.25, 0.3) is 23.0 Å². The van der Waals surface area contributed by atoms with Gasteiger partial charge in [-0.15, -0.1) is 0 Å². The number of fused-ring (bicyclic) bond motifs is 1. The van der Waals surface area contributed by atoms with E-state index in [9.17, 15) is 4.79 Å². The quantitative estimate of drug-likeness (QED) is 0.595. The van der Waals surface area contributed by atoms with Gasteiger partial charge in [0, 0.05) is 16.8 Å². The van der Waals surface area contributed by atoms with E-state index in [4.69, 9.17) is 27.6 Å². The summed E-state index contributed by atoms with van der Waals surface area (Å²) < 4.78 is 5.83. The van der Waals surface area contributed by atoms with E-state index in [0.29, 0.717) is 32.7 Å². The fraction of sp³-hybridized carbons (Fsp3) is 0. The molecular formula is C19H11Cl2NO2. The van der Waals surface area contributed by atoms with Crippen molar-refractivity contribution < 1.29 is 9.21 Å². The van der Waals surface area contributed by atoms with Gasteiger partial charge in [-0.25, -0.2) is 0 Å². The van der Waals surface area contributed by atoms with Gasteiger partial charge in [-0.05, 0) is 36.4 Å². The van der Waals surface area contributed by atoms with E-state index in [1.54, 1.807) is 18.2 Å². The molecule has 1 aliphatic heterocycles. The molecule has 0 aliphatic carbocycles. The zero-order chi connectivity index (χ0) is 16.7. The molecule has 0 radical (unpaired) electrons. The predicted molar refractivity (Wildman–Crippen MR) is 97.1 cm³/mol. The molecule has 0 fully saturated rings. The molecule has 0 saturated heterocycles. The minimum atomic E-state index is -0.144. The Morgan fingerprint density at radius 2 is 1.71 bits per heavy atom. The fourth-order valence-corrected chi connectivity index (χ4v) is 3.09. The maximum Gasteiger partial charge on any atom is 0.256 e. The van der Waals surface area contributed by atoms with E-state index in [1.165, 1.54) is 0 Å². The first-order valence-corrected chi connectivity index (χ1v) is 8.06. The molecule has 2 heterocycles. The lowest BCUT2D eigenvalue weighted by molar-refractivity contribution is -0.110. The van der Waals surface area contributed by atoms with E-state index in [-0.39, 0.29) is 5.91 Å². The third-order valence-corrected chi connectivity index (χ3v) is 4.66. The van der Waals surface area contributed by atoms with Gasteiger partial charge in [-0.3, -0.25) is 4.79 Å². The first-order valence-electron chi connectivity index (χ1n) is 7.30. The lowest BCUT2D eigenvalue weighted by Crippen LogP contribution is -2.03. The van der Waals surface area contributed by atoms with Crippen molar-refractivity contribution in [3.05, 3.63) is 76.0 Å². The number of benzene rings is 2. The van der Waals surface area contributed by atoms with Crippen LogP contribution in [0.15, 0.2) is 59.0 Å². The molecule has 1 aromatic heterocycles. The van der Waals surface area contributed by atoms with E-state index < -0.39 is 0 Å². The van der Waals surface area contributed by atoms with Crippen molar-refractivity contribution >= 4 is 46.4 Å². The number of amides is 1. The molecule has 0 spiro atoms. The Hall–Kier alpha value is -2.49. The molecule has 1 amide bonds. The Morgan fingerprint density at radius 1 is 0.917 bits per heavy atom. The molecule has 0 atom stereocenters. The molecule has 24 heavy (non-hydrogen) atoms. The van der Waals surface area contributed by atoms with Crippen LogP contribution < -0.4 is 5.32 Å². The molecule has 0 bridgehead atoms. The molecule has 1 aliphatic rings. The lowest BCUT2D eigenvalue weighted by Gasteiger charge is -2.02. The Labute approximate surface area is 148 Å². The zero-order valence-electron chi connectivity index (χ0n) is 12.3. The highest BCUT2D eigenvalue weighted by atomic mass is 35.5. The number of halogens is 2. The number of carbonyl (C=O) groups is 1. The number of anilines is 1. The largest absolute Gasteiger partial charge is 0.457 e. The van der Waals surface area contributed by atoms with Crippen LogP contribution in [0.3, 0.4) is 0 Å². The van der Waals surface area contributed by atoms with Crippen molar-refractivity contribution in [2.75, 3.05) is 5.32 Å². The van der Waals surface area contributed by atoms with E-state index in [1.807, 2.05) is 42.5 Å². The van der Waals surface area contributed by atoms with Gasteiger partial charge < -0.3 is 9.73 Å². The molecule has 5 heteroatoms. The molecule has 0 saturated carbocycles. The van der Waals surface area contributed by atoms with Gasteiger partial charge in [0.1, 0.15) is 11.5 Å². The van der Waals surface area contributed by atoms with Gasteiger partial charge in [-0.2, -0.15) is 0 Å². The summed E-state index contributed by atoms with van der Waals surface area (Å²) in [7, 11) is 0. The summed E-state index contributed by atoms with van der Waals surface area (Å²) in [5.74, 6) is 1.03. The summed E-state index contributed by atoms with van der Waals surface area (Å²) >= 11 is 12.3. The second kappa shape index (κ2) is 5.86. The maximum atomic E-state index is 12.2. The maximum absolute atomic E-state index is 12.2. The second-order valence-electron chi connectivity index (χ2n) is 5.36. The molecule has 0 unspecified atom stereocenters. The average Bonchev–Trinajstić information content (AvgIpc) is 3.16. The fourth-order valence-electron chi connectivity index (χ4n) is 2.69. The highest BCUT2D eigenvalue weighted by molar-refractivity contribution is 6.43. The lowest BCUT2D eigenvalue weighted by atomic mass is 10.1. The van der Waals surface area contributed by atoms with Crippen LogP contribution in [0.4, 0.5) is 5.69 Å². The minimum Gasteiger partial charge on any atom is -0.457 e.